The molecule has 1 aromatic carbocycles. The van der Waals surface area contributed by atoms with Crippen molar-refractivity contribution in [3.63, 3.8) is 0 Å². The predicted octanol–water partition coefficient (Wildman–Crippen LogP) is 3.95. The maximum atomic E-state index is 12.2. The second-order valence-electron chi connectivity index (χ2n) is 5.65. The number of rotatable bonds is 3. The molecule has 0 N–H and O–H groups in total. The summed E-state index contributed by atoms with van der Waals surface area (Å²) in [6, 6.07) is 12.6. The van der Waals surface area contributed by atoms with Gasteiger partial charge in [0.1, 0.15) is 17.7 Å². The SMILES string of the molecule is CC1CN(c2ccc(OC(F)(F)F)cn2)CC(c2ccccc2)O1. The van der Waals surface area contributed by atoms with E-state index >= 15 is 0 Å². The molecule has 2 heterocycles. The molecule has 1 fully saturated rings. The lowest BCUT2D eigenvalue weighted by Crippen LogP contribution is -2.43. The van der Waals surface area contributed by atoms with Gasteiger partial charge >= 0.3 is 6.36 Å². The van der Waals surface area contributed by atoms with Crippen LogP contribution >= 0.6 is 0 Å². The molecule has 0 bridgehead atoms. The molecule has 2 atom stereocenters. The Bertz CT molecular complexity index is 662. The van der Waals surface area contributed by atoms with Gasteiger partial charge in [-0.05, 0) is 24.6 Å². The van der Waals surface area contributed by atoms with Crippen LogP contribution in [0.5, 0.6) is 5.75 Å². The molecule has 24 heavy (non-hydrogen) atoms. The van der Waals surface area contributed by atoms with Gasteiger partial charge in [0.2, 0.25) is 0 Å². The van der Waals surface area contributed by atoms with E-state index in [2.05, 4.69) is 9.72 Å². The normalized spacial score (nSPS) is 21.6. The zero-order valence-electron chi connectivity index (χ0n) is 13.0. The third kappa shape index (κ3) is 4.17. The van der Waals surface area contributed by atoms with Gasteiger partial charge in [-0.25, -0.2) is 4.98 Å². The second kappa shape index (κ2) is 6.68. The van der Waals surface area contributed by atoms with E-state index in [1.54, 1.807) is 0 Å². The number of alkyl halides is 3. The third-order valence-corrected chi connectivity index (χ3v) is 3.71. The van der Waals surface area contributed by atoms with Gasteiger partial charge in [0.05, 0.1) is 12.3 Å². The van der Waals surface area contributed by atoms with Crippen LogP contribution in [0.4, 0.5) is 19.0 Å². The minimum Gasteiger partial charge on any atom is -0.404 e. The molecule has 0 aliphatic carbocycles. The summed E-state index contributed by atoms with van der Waals surface area (Å²) in [5, 5.41) is 0. The van der Waals surface area contributed by atoms with Crippen LogP contribution in [0.25, 0.3) is 0 Å². The molecule has 3 rings (SSSR count). The van der Waals surface area contributed by atoms with E-state index in [0.717, 1.165) is 11.8 Å². The Morgan fingerprint density at radius 2 is 1.88 bits per heavy atom. The molecule has 1 aliphatic rings. The van der Waals surface area contributed by atoms with Gasteiger partial charge in [-0.1, -0.05) is 30.3 Å². The second-order valence-corrected chi connectivity index (χ2v) is 5.65. The van der Waals surface area contributed by atoms with Crippen LogP contribution in [-0.2, 0) is 4.74 Å². The van der Waals surface area contributed by atoms with Gasteiger partial charge in [-0.2, -0.15) is 0 Å². The van der Waals surface area contributed by atoms with Gasteiger partial charge in [-0.15, -0.1) is 13.2 Å². The Labute approximate surface area is 137 Å². The number of halogens is 3. The summed E-state index contributed by atoms with van der Waals surface area (Å²) in [7, 11) is 0. The fourth-order valence-corrected chi connectivity index (χ4v) is 2.74. The van der Waals surface area contributed by atoms with Gasteiger partial charge in [-0.3, -0.25) is 0 Å². The van der Waals surface area contributed by atoms with Crippen LogP contribution in [0.15, 0.2) is 48.7 Å². The molecule has 1 saturated heterocycles. The lowest BCUT2D eigenvalue weighted by Gasteiger charge is -2.37. The van der Waals surface area contributed by atoms with Crippen LogP contribution in [0.3, 0.4) is 0 Å². The zero-order chi connectivity index (χ0) is 17.2. The zero-order valence-corrected chi connectivity index (χ0v) is 13.0. The lowest BCUT2D eigenvalue weighted by molar-refractivity contribution is -0.274. The fourth-order valence-electron chi connectivity index (χ4n) is 2.74. The monoisotopic (exact) mass is 338 g/mol. The average Bonchev–Trinajstić information content (AvgIpc) is 2.54. The Morgan fingerprint density at radius 3 is 2.50 bits per heavy atom. The van der Waals surface area contributed by atoms with Gasteiger partial charge in [0, 0.05) is 13.1 Å². The Morgan fingerprint density at radius 1 is 1.12 bits per heavy atom. The number of aromatic nitrogens is 1. The summed E-state index contributed by atoms with van der Waals surface area (Å²) in [5.41, 5.74) is 1.06. The van der Waals surface area contributed by atoms with E-state index in [-0.39, 0.29) is 18.0 Å². The first-order chi connectivity index (χ1) is 11.4. The fraction of sp³-hybridized carbons (Fsp3) is 0.353. The van der Waals surface area contributed by atoms with Gasteiger partial charge in [0.15, 0.2) is 0 Å². The van der Waals surface area contributed by atoms with Crippen LogP contribution in [-0.4, -0.2) is 30.5 Å². The van der Waals surface area contributed by atoms with Crippen LogP contribution < -0.4 is 9.64 Å². The topological polar surface area (TPSA) is 34.6 Å². The van der Waals surface area contributed by atoms with Crippen molar-refractivity contribution in [2.24, 2.45) is 0 Å². The number of hydrogen-bond donors (Lipinski definition) is 0. The van der Waals surface area contributed by atoms with Crippen molar-refractivity contribution in [2.45, 2.75) is 25.5 Å². The molecule has 0 radical (unpaired) electrons. The van der Waals surface area contributed by atoms with E-state index in [9.17, 15) is 13.2 Å². The van der Waals surface area contributed by atoms with E-state index in [0.29, 0.717) is 18.9 Å². The highest BCUT2D eigenvalue weighted by molar-refractivity contribution is 5.42. The van der Waals surface area contributed by atoms with Crippen molar-refractivity contribution in [2.75, 3.05) is 18.0 Å². The molecule has 0 saturated carbocycles. The molecular formula is C17H17F3N2O2. The first-order valence-electron chi connectivity index (χ1n) is 7.58. The number of benzene rings is 1. The van der Waals surface area contributed by atoms with E-state index in [1.165, 1.54) is 12.1 Å². The minimum absolute atomic E-state index is 0.0168. The average molecular weight is 338 g/mol. The largest absolute Gasteiger partial charge is 0.573 e. The number of pyridine rings is 1. The van der Waals surface area contributed by atoms with Crippen molar-refractivity contribution in [3.8, 4) is 5.75 Å². The Hall–Kier alpha value is -2.28. The standard InChI is InChI=1S/C17H17F3N2O2/c1-12-10-22(11-15(23-12)13-5-3-2-4-6-13)16-8-7-14(9-21-16)24-17(18,19)20/h2-9,12,15H,10-11H2,1H3. The Balaban J connectivity index is 1.74. The van der Waals surface area contributed by atoms with Gasteiger partial charge < -0.3 is 14.4 Å². The highest BCUT2D eigenvalue weighted by Gasteiger charge is 2.31. The van der Waals surface area contributed by atoms with E-state index < -0.39 is 6.36 Å². The highest BCUT2D eigenvalue weighted by Crippen LogP contribution is 2.29. The van der Waals surface area contributed by atoms with Crippen LogP contribution in [0.2, 0.25) is 0 Å². The summed E-state index contributed by atoms with van der Waals surface area (Å²) >= 11 is 0. The van der Waals surface area contributed by atoms with Crippen molar-refractivity contribution in [1.29, 1.82) is 0 Å². The molecule has 2 aromatic rings. The van der Waals surface area contributed by atoms with Crippen LogP contribution in [0, 0.1) is 0 Å². The maximum absolute atomic E-state index is 12.2. The number of anilines is 1. The van der Waals surface area contributed by atoms with E-state index in [4.69, 9.17) is 4.74 Å². The number of ether oxygens (including phenoxy) is 2. The molecule has 0 amide bonds. The van der Waals surface area contributed by atoms with Crippen LogP contribution in [0.1, 0.15) is 18.6 Å². The van der Waals surface area contributed by atoms with E-state index in [1.807, 2.05) is 42.2 Å². The first kappa shape index (κ1) is 16.6. The summed E-state index contributed by atoms with van der Waals surface area (Å²) in [6.45, 7) is 3.17. The molecule has 1 aliphatic heterocycles. The van der Waals surface area contributed by atoms with Gasteiger partial charge in [0.25, 0.3) is 0 Å². The quantitative estimate of drug-likeness (QED) is 0.849. The summed E-state index contributed by atoms with van der Waals surface area (Å²) < 4.78 is 46.4. The summed E-state index contributed by atoms with van der Waals surface area (Å²) in [5.74, 6) is 0.271. The molecule has 1 aromatic heterocycles. The van der Waals surface area contributed by atoms with Crippen molar-refractivity contribution >= 4 is 5.82 Å². The number of morpholine rings is 1. The molecule has 4 nitrogen and oxygen atoms in total. The summed E-state index contributed by atoms with van der Waals surface area (Å²) in [4.78, 5) is 6.10. The molecule has 7 heteroatoms. The first-order valence-corrected chi connectivity index (χ1v) is 7.58. The number of nitrogens with zero attached hydrogens (tertiary/aromatic N) is 2. The molecular weight excluding hydrogens is 321 g/mol. The molecule has 0 spiro atoms. The predicted molar refractivity (Wildman–Crippen MR) is 82.9 cm³/mol. The third-order valence-electron chi connectivity index (χ3n) is 3.71. The summed E-state index contributed by atoms with van der Waals surface area (Å²) in [6.07, 6.45) is -3.75. The Kier molecular flexibility index (Phi) is 4.62. The minimum atomic E-state index is -4.71. The number of hydrogen-bond acceptors (Lipinski definition) is 4. The lowest BCUT2D eigenvalue weighted by atomic mass is 10.1. The highest BCUT2D eigenvalue weighted by atomic mass is 19.4. The van der Waals surface area contributed by atoms with Crippen molar-refractivity contribution in [3.05, 3.63) is 54.2 Å². The van der Waals surface area contributed by atoms with Crippen molar-refractivity contribution < 1.29 is 22.6 Å². The smallest absolute Gasteiger partial charge is 0.404 e. The molecule has 2 unspecified atom stereocenters. The maximum Gasteiger partial charge on any atom is 0.573 e. The van der Waals surface area contributed by atoms with Crippen molar-refractivity contribution in [1.82, 2.24) is 4.98 Å². The molecule has 128 valence electrons.